The number of aliphatic imine (C=N–C) groups is 1. The summed E-state index contributed by atoms with van der Waals surface area (Å²) in [5.74, 6) is 1.71. The first-order valence-corrected chi connectivity index (χ1v) is 7.85. The standard InChI is InChI=1S/C19H25N3O.HI/c1-15-7-4-5-9-17(15)14-22-19(20-2)21-12-11-16-8-6-10-18(13-16)23-3;/h4-10,13H,11-12,14H2,1-3H3,(H2,20,21,22);1H. The first-order valence-electron chi connectivity index (χ1n) is 7.85. The highest BCUT2D eigenvalue weighted by atomic mass is 127. The maximum absolute atomic E-state index is 5.25. The highest BCUT2D eigenvalue weighted by Gasteiger charge is 2.01. The van der Waals surface area contributed by atoms with Crippen molar-refractivity contribution in [1.82, 2.24) is 10.6 Å². The minimum absolute atomic E-state index is 0. The molecular weight excluding hydrogens is 413 g/mol. The Kier molecular flexibility index (Phi) is 9.22. The van der Waals surface area contributed by atoms with Crippen LogP contribution >= 0.6 is 24.0 Å². The van der Waals surface area contributed by atoms with E-state index in [1.807, 2.05) is 12.1 Å². The Hall–Kier alpha value is -1.76. The second-order valence-corrected chi connectivity index (χ2v) is 5.38. The Labute approximate surface area is 161 Å². The van der Waals surface area contributed by atoms with Crippen LogP contribution in [0.25, 0.3) is 0 Å². The van der Waals surface area contributed by atoms with E-state index in [0.29, 0.717) is 0 Å². The average molecular weight is 439 g/mol. The van der Waals surface area contributed by atoms with Crippen LogP contribution in [0.4, 0.5) is 0 Å². The Balaban J connectivity index is 0.00000288. The van der Waals surface area contributed by atoms with Crippen molar-refractivity contribution < 1.29 is 4.74 Å². The van der Waals surface area contributed by atoms with Crippen molar-refractivity contribution in [2.75, 3.05) is 20.7 Å². The number of benzene rings is 2. The van der Waals surface area contributed by atoms with Crippen molar-refractivity contribution in [3.63, 3.8) is 0 Å². The third-order valence-electron chi connectivity index (χ3n) is 3.77. The zero-order chi connectivity index (χ0) is 16.5. The van der Waals surface area contributed by atoms with E-state index in [1.54, 1.807) is 14.2 Å². The molecule has 0 saturated heterocycles. The van der Waals surface area contributed by atoms with Gasteiger partial charge >= 0.3 is 0 Å². The van der Waals surface area contributed by atoms with E-state index in [2.05, 4.69) is 58.9 Å². The van der Waals surface area contributed by atoms with Crippen LogP contribution in [0, 0.1) is 6.92 Å². The molecule has 0 unspecified atom stereocenters. The van der Waals surface area contributed by atoms with Gasteiger partial charge in [-0.25, -0.2) is 0 Å². The molecule has 2 N–H and O–H groups in total. The van der Waals surface area contributed by atoms with Crippen molar-refractivity contribution in [2.24, 2.45) is 4.99 Å². The maximum Gasteiger partial charge on any atom is 0.191 e. The normalized spacial score (nSPS) is 10.7. The van der Waals surface area contributed by atoms with Crippen LogP contribution in [0.15, 0.2) is 53.5 Å². The summed E-state index contributed by atoms with van der Waals surface area (Å²) in [6.07, 6.45) is 0.919. The number of rotatable bonds is 6. The van der Waals surface area contributed by atoms with Gasteiger partial charge in [0.2, 0.25) is 0 Å². The molecule has 2 aromatic rings. The van der Waals surface area contributed by atoms with Gasteiger partial charge in [0.15, 0.2) is 5.96 Å². The minimum Gasteiger partial charge on any atom is -0.497 e. The van der Waals surface area contributed by atoms with Gasteiger partial charge in [0.25, 0.3) is 0 Å². The molecule has 2 rings (SSSR count). The lowest BCUT2D eigenvalue weighted by Crippen LogP contribution is -2.38. The summed E-state index contributed by atoms with van der Waals surface area (Å²) < 4.78 is 5.25. The van der Waals surface area contributed by atoms with Crippen molar-refractivity contribution in [2.45, 2.75) is 19.9 Å². The quantitative estimate of drug-likeness (QED) is 0.411. The topological polar surface area (TPSA) is 45.7 Å². The van der Waals surface area contributed by atoms with E-state index in [4.69, 9.17) is 4.74 Å². The molecule has 5 heteroatoms. The smallest absolute Gasteiger partial charge is 0.191 e. The first kappa shape index (κ1) is 20.3. The lowest BCUT2D eigenvalue weighted by molar-refractivity contribution is 0.414. The molecule has 4 nitrogen and oxygen atoms in total. The fourth-order valence-corrected chi connectivity index (χ4v) is 2.36. The summed E-state index contributed by atoms with van der Waals surface area (Å²) in [7, 11) is 3.48. The van der Waals surface area contributed by atoms with E-state index in [1.165, 1.54) is 16.7 Å². The molecule has 0 bridgehead atoms. The maximum atomic E-state index is 5.25. The van der Waals surface area contributed by atoms with Gasteiger partial charge in [-0.3, -0.25) is 4.99 Å². The molecule has 0 saturated carbocycles. The van der Waals surface area contributed by atoms with Crippen LogP contribution in [0.2, 0.25) is 0 Å². The van der Waals surface area contributed by atoms with Gasteiger partial charge in [0, 0.05) is 20.1 Å². The van der Waals surface area contributed by atoms with Crippen molar-refractivity contribution >= 4 is 29.9 Å². The zero-order valence-electron chi connectivity index (χ0n) is 14.5. The monoisotopic (exact) mass is 439 g/mol. The Morgan fingerprint density at radius 2 is 1.88 bits per heavy atom. The molecule has 0 atom stereocenters. The number of aryl methyl sites for hydroxylation is 1. The highest BCUT2D eigenvalue weighted by Crippen LogP contribution is 2.12. The Morgan fingerprint density at radius 3 is 2.58 bits per heavy atom. The molecule has 130 valence electrons. The number of guanidine groups is 1. The van der Waals surface area contributed by atoms with Crippen LogP contribution in [-0.2, 0) is 13.0 Å². The number of nitrogens with zero attached hydrogens (tertiary/aromatic N) is 1. The minimum atomic E-state index is 0. The first-order chi connectivity index (χ1) is 11.2. The van der Waals surface area contributed by atoms with Crippen LogP contribution in [0.3, 0.4) is 0 Å². The lowest BCUT2D eigenvalue weighted by Gasteiger charge is -2.13. The molecule has 0 aliphatic rings. The summed E-state index contributed by atoms with van der Waals surface area (Å²) in [6, 6.07) is 16.5. The fourth-order valence-electron chi connectivity index (χ4n) is 2.36. The van der Waals surface area contributed by atoms with E-state index < -0.39 is 0 Å². The molecular formula is C19H26IN3O. The molecule has 2 aromatic carbocycles. The molecule has 0 fully saturated rings. The van der Waals surface area contributed by atoms with E-state index in [0.717, 1.165) is 31.2 Å². The second kappa shape index (κ2) is 10.9. The summed E-state index contributed by atoms with van der Waals surface area (Å²) in [6.45, 7) is 3.71. The number of methoxy groups -OCH3 is 1. The van der Waals surface area contributed by atoms with Crippen LogP contribution in [0.1, 0.15) is 16.7 Å². The van der Waals surface area contributed by atoms with Gasteiger partial charge in [0.05, 0.1) is 7.11 Å². The van der Waals surface area contributed by atoms with Crippen molar-refractivity contribution in [1.29, 1.82) is 0 Å². The molecule has 0 aromatic heterocycles. The third kappa shape index (κ3) is 6.39. The van der Waals surface area contributed by atoms with E-state index in [-0.39, 0.29) is 24.0 Å². The van der Waals surface area contributed by atoms with Crippen LogP contribution < -0.4 is 15.4 Å². The predicted octanol–water partition coefficient (Wildman–Crippen LogP) is 3.53. The van der Waals surface area contributed by atoms with Gasteiger partial charge in [0.1, 0.15) is 5.75 Å². The van der Waals surface area contributed by atoms with Gasteiger partial charge < -0.3 is 15.4 Å². The van der Waals surface area contributed by atoms with Gasteiger partial charge in [-0.1, -0.05) is 36.4 Å². The average Bonchev–Trinajstić information content (AvgIpc) is 2.59. The molecule has 0 aliphatic heterocycles. The molecule has 0 radical (unpaired) electrons. The molecule has 0 spiro atoms. The zero-order valence-corrected chi connectivity index (χ0v) is 16.8. The fraction of sp³-hybridized carbons (Fsp3) is 0.316. The number of hydrogen-bond donors (Lipinski definition) is 2. The number of hydrogen-bond acceptors (Lipinski definition) is 2. The largest absolute Gasteiger partial charge is 0.497 e. The molecule has 0 heterocycles. The summed E-state index contributed by atoms with van der Waals surface area (Å²) in [5.41, 5.74) is 3.81. The van der Waals surface area contributed by atoms with Crippen LogP contribution in [0.5, 0.6) is 5.75 Å². The third-order valence-corrected chi connectivity index (χ3v) is 3.77. The Morgan fingerprint density at radius 1 is 1.08 bits per heavy atom. The van der Waals surface area contributed by atoms with Crippen molar-refractivity contribution in [3.05, 3.63) is 65.2 Å². The summed E-state index contributed by atoms with van der Waals surface area (Å²) in [5, 5.41) is 6.69. The highest BCUT2D eigenvalue weighted by molar-refractivity contribution is 14.0. The van der Waals surface area contributed by atoms with Gasteiger partial charge in [-0.2, -0.15) is 0 Å². The number of halogens is 1. The summed E-state index contributed by atoms with van der Waals surface area (Å²) in [4.78, 5) is 4.27. The Bertz CT molecular complexity index is 659. The molecule has 0 amide bonds. The molecule has 24 heavy (non-hydrogen) atoms. The SMILES string of the molecule is CN=C(NCCc1cccc(OC)c1)NCc1ccccc1C.I. The van der Waals surface area contributed by atoms with Crippen molar-refractivity contribution in [3.8, 4) is 5.75 Å². The van der Waals surface area contributed by atoms with E-state index in [9.17, 15) is 0 Å². The molecule has 0 aliphatic carbocycles. The number of ether oxygens (including phenoxy) is 1. The predicted molar refractivity (Wildman–Crippen MR) is 111 cm³/mol. The second-order valence-electron chi connectivity index (χ2n) is 5.38. The summed E-state index contributed by atoms with van der Waals surface area (Å²) >= 11 is 0. The van der Waals surface area contributed by atoms with Crippen LogP contribution in [-0.4, -0.2) is 26.7 Å². The van der Waals surface area contributed by atoms with E-state index >= 15 is 0 Å². The van der Waals surface area contributed by atoms with Gasteiger partial charge in [-0.15, -0.1) is 24.0 Å². The lowest BCUT2D eigenvalue weighted by atomic mass is 10.1. The number of nitrogens with one attached hydrogen (secondary N) is 2. The van der Waals surface area contributed by atoms with Gasteiger partial charge in [-0.05, 0) is 42.2 Å².